The van der Waals surface area contributed by atoms with Crippen LogP contribution in [0, 0.1) is 6.92 Å². The summed E-state index contributed by atoms with van der Waals surface area (Å²) in [5.74, 6) is 1.78. The largest absolute Gasteiger partial charge is 0.276 e. The highest BCUT2D eigenvalue weighted by molar-refractivity contribution is 6.06. The van der Waals surface area contributed by atoms with E-state index in [0.717, 1.165) is 50.2 Å². The summed E-state index contributed by atoms with van der Waals surface area (Å²) in [5.41, 5.74) is 13.7. The molecule has 9 rings (SSSR count). The van der Waals surface area contributed by atoms with E-state index in [9.17, 15) is 0 Å². The second kappa shape index (κ2) is 6.99. The summed E-state index contributed by atoms with van der Waals surface area (Å²) < 4.78 is 6.80. The Balaban J connectivity index is 1.50. The zero-order chi connectivity index (χ0) is 25.0. The van der Waals surface area contributed by atoms with E-state index in [1.807, 2.05) is 12.1 Å². The Labute approximate surface area is 217 Å². The second-order valence-electron chi connectivity index (χ2n) is 10.1. The summed E-state index contributed by atoms with van der Waals surface area (Å²) >= 11 is 0. The van der Waals surface area contributed by atoms with Crippen molar-refractivity contribution in [3.05, 3.63) is 115 Å². The van der Waals surface area contributed by atoms with Crippen molar-refractivity contribution < 1.29 is 0 Å². The van der Waals surface area contributed by atoms with Crippen molar-refractivity contribution in [3.8, 4) is 22.3 Å². The van der Waals surface area contributed by atoms with Gasteiger partial charge in [0, 0.05) is 0 Å². The lowest BCUT2D eigenvalue weighted by atomic mass is 9.92. The Morgan fingerprint density at radius 2 is 1.05 bits per heavy atom. The minimum Gasteiger partial charge on any atom is -0.276 e. The van der Waals surface area contributed by atoms with Gasteiger partial charge >= 0.3 is 0 Å². The lowest BCUT2D eigenvalue weighted by Crippen LogP contribution is -1.90. The molecule has 0 N–H and O–H groups in total. The molecule has 178 valence electrons. The first-order chi connectivity index (χ1) is 18.8. The highest BCUT2D eigenvalue weighted by atomic mass is 15.3. The number of benzene rings is 5. The number of nitrogens with zero attached hydrogens (tertiary/aromatic N) is 5. The molecule has 5 heteroatoms. The van der Waals surface area contributed by atoms with Crippen LogP contribution < -0.4 is 0 Å². The molecule has 0 aliphatic rings. The van der Waals surface area contributed by atoms with Crippen molar-refractivity contribution in [1.29, 1.82) is 0 Å². The molecular weight excluding hydrogens is 466 g/mol. The van der Waals surface area contributed by atoms with E-state index in [1.165, 1.54) is 27.8 Å². The van der Waals surface area contributed by atoms with E-state index in [0.29, 0.717) is 0 Å². The standard InChI is InChI=1S/C33H21N5/c1-20-15-16-23(24(17-20)21-9-3-2-4-10-21)22-18-29-31-30(19-22)37-28-14-8-6-12-26(28)35-33(37)38(31)32-34-25-11-5-7-13-27(25)36(29)32/h2-19H,1H3. The first kappa shape index (κ1) is 20.0. The molecule has 0 saturated heterocycles. The van der Waals surface area contributed by atoms with Gasteiger partial charge in [0.1, 0.15) is 5.52 Å². The lowest BCUT2D eigenvalue weighted by Gasteiger charge is -2.12. The second-order valence-corrected chi connectivity index (χ2v) is 10.1. The van der Waals surface area contributed by atoms with Gasteiger partial charge in [-0.2, -0.15) is 0 Å². The third kappa shape index (κ3) is 2.45. The Morgan fingerprint density at radius 3 is 1.68 bits per heavy atom. The van der Waals surface area contributed by atoms with Gasteiger partial charge in [-0.3, -0.25) is 8.80 Å². The molecule has 0 atom stereocenters. The van der Waals surface area contributed by atoms with Crippen LogP contribution in [0.5, 0.6) is 0 Å². The number of aromatic nitrogens is 5. The number of para-hydroxylation sites is 4. The van der Waals surface area contributed by atoms with Gasteiger partial charge in [0.05, 0.1) is 33.1 Å². The van der Waals surface area contributed by atoms with Gasteiger partial charge < -0.3 is 0 Å². The average Bonchev–Trinajstić information content (AvgIpc) is 3.68. The summed E-state index contributed by atoms with van der Waals surface area (Å²) in [7, 11) is 0. The van der Waals surface area contributed by atoms with E-state index in [-0.39, 0.29) is 0 Å². The maximum Gasteiger partial charge on any atom is 0.223 e. The summed E-state index contributed by atoms with van der Waals surface area (Å²) in [5, 5.41) is 0. The molecule has 0 spiro atoms. The zero-order valence-electron chi connectivity index (χ0n) is 20.6. The quantitative estimate of drug-likeness (QED) is 0.250. The predicted octanol–water partition coefficient (Wildman–Crippen LogP) is 7.77. The Kier molecular flexibility index (Phi) is 3.67. The van der Waals surface area contributed by atoms with Crippen LogP contribution in [0.25, 0.3) is 72.4 Å². The normalized spacial score (nSPS) is 12.3. The molecule has 5 nitrogen and oxygen atoms in total. The Morgan fingerprint density at radius 1 is 0.474 bits per heavy atom. The molecule has 9 aromatic rings. The lowest BCUT2D eigenvalue weighted by molar-refractivity contribution is 1.15. The van der Waals surface area contributed by atoms with E-state index in [4.69, 9.17) is 9.97 Å². The van der Waals surface area contributed by atoms with Crippen LogP contribution in [0.4, 0.5) is 0 Å². The van der Waals surface area contributed by atoms with Crippen LogP contribution in [-0.2, 0) is 0 Å². The van der Waals surface area contributed by atoms with Gasteiger partial charge in [-0.25, -0.2) is 14.4 Å². The third-order valence-corrected chi connectivity index (χ3v) is 7.83. The number of hydrogen-bond donors (Lipinski definition) is 0. The Hall–Kier alpha value is -5.16. The minimum atomic E-state index is 0.890. The molecular formula is C33H21N5. The molecule has 4 heterocycles. The highest BCUT2D eigenvalue weighted by Gasteiger charge is 2.24. The van der Waals surface area contributed by atoms with Crippen LogP contribution in [0.3, 0.4) is 0 Å². The molecule has 0 bridgehead atoms. The number of fused-ring (bicyclic) bond motifs is 10. The van der Waals surface area contributed by atoms with Gasteiger partial charge in [0.15, 0.2) is 0 Å². The molecule has 38 heavy (non-hydrogen) atoms. The van der Waals surface area contributed by atoms with Crippen LogP contribution in [0.15, 0.2) is 109 Å². The average molecular weight is 488 g/mol. The molecule has 0 aliphatic heterocycles. The molecule has 4 aromatic heterocycles. The molecule has 0 aliphatic carbocycles. The third-order valence-electron chi connectivity index (χ3n) is 7.83. The number of imidazole rings is 4. The molecule has 0 radical (unpaired) electrons. The Bertz CT molecular complexity index is 2230. The fraction of sp³-hybridized carbons (Fsp3) is 0.0303. The zero-order valence-corrected chi connectivity index (χ0v) is 20.6. The summed E-state index contributed by atoms with van der Waals surface area (Å²) in [6, 6.07) is 38.8. The predicted molar refractivity (Wildman–Crippen MR) is 154 cm³/mol. The summed E-state index contributed by atoms with van der Waals surface area (Å²) in [4.78, 5) is 10.2. The van der Waals surface area contributed by atoms with Crippen molar-refractivity contribution in [2.45, 2.75) is 6.92 Å². The maximum absolute atomic E-state index is 5.08. The number of aryl methyl sites for hydroxylation is 1. The van der Waals surface area contributed by atoms with Crippen molar-refractivity contribution in [3.63, 3.8) is 0 Å². The van der Waals surface area contributed by atoms with E-state index in [2.05, 4.69) is 117 Å². The van der Waals surface area contributed by atoms with Crippen LogP contribution in [0.1, 0.15) is 5.56 Å². The number of hydrogen-bond acceptors (Lipinski definition) is 2. The molecule has 0 saturated carbocycles. The van der Waals surface area contributed by atoms with Crippen molar-refractivity contribution in [2.24, 2.45) is 0 Å². The monoisotopic (exact) mass is 487 g/mol. The number of rotatable bonds is 2. The van der Waals surface area contributed by atoms with Crippen LogP contribution >= 0.6 is 0 Å². The fourth-order valence-electron chi connectivity index (χ4n) is 6.19. The van der Waals surface area contributed by atoms with Crippen molar-refractivity contribution in [1.82, 2.24) is 23.2 Å². The molecule has 0 amide bonds. The topological polar surface area (TPSA) is 39.0 Å². The fourth-order valence-corrected chi connectivity index (χ4v) is 6.19. The summed E-state index contributed by atoms with van der Waals surface area (Å²) in [6.07, 6.45) is 0. The van der Waals surface area contributed by atoms with Gasteiger partial charge in [-0.05, 0) is 65.6 Å². The van der Waals surface area contributed by atoms with Crippen molar-refractivity contribution in [2.75, 3.05) is 0 Å². The SMILES string of the molecule is Cc1ccc(-c2cc3c4c(c2)n2c5ccccc5nc2n4c2nc4ccccc4n32)c(-c2ccccc2)c1. The van der Waals surface area contributed by atoms with Crippen LogP contribution in [-0.4, -0.2) is 23.2 Å². The summed E-state index contributed by atoms with van der Waals surface area (Å²) in [6.45, 7) is 2.16. The van der Waals surface area contributed by atoms with Gasteiger partial charge in [0.2, 0.25) is 11.6 Å². The van der Waals surface area contributed by atoms with Crippen molar-refractivity contribution >= 4 is 50.2 Å². The van der Waals surface area contributed by atoms with Gasteiger partial charge in [-0.1, -0.05) is 78.4 Å². The minimum absolute atomic E-state index is 0.890. The first-order valence-electron chi connectivity index (χ1n) is 12.9. The van der Waals surface area contributed by atoms with Gasteiger partial charge in [0.25, 0.3) is 0 Å². The molecule has 0 unspecified atom stereocenters. The smallest absolute Gasteiger partial charge is 0.223 e. The van der Waals surface area contributed by atoms with E-state index >= 15 is 0 Å². The highest BCUT2D eigenvalue weighted by Crippen LogP contribution is 2.40. The first-order valence-corrected chi connectivity index (χ1v) is 12.9. The molecule has 0 fully saturated rings. The van der Waals surface area contributed by atoms with Gasteiger partial charge in [-0.15, -0.1) is 0 Å². The van der Waals surface area contributed by atoms with Crippen LogP contribution in [0.2, 0.25) is 0 Å². The van der Waals surface area contributed by atoms with E-state index < -0.39 is 0 Å². The van der Waals surface area contributed by atoms with E-state index in [1.54, 1.807) is 0 Å². The molecule has 5 aromatic carbocycles. The maximum atomic E-state index is 5.08.